The number of methoxy groups -OCH3 is 2. The monoisotopic (exact) mass is 285 g/mol. The molecule has 0 heterocycles. The molecule has 2 rings (SSSR count). The highest BCUT2D eigenvalue weighted by Crippen LogP contribution is 2.28. The second kappa shape index (κ2) is 7.14. The van der Waals surface area contributed by atoms with E-state index in [9.17, 15) is 0 Å². The van der Waals surface area contributed by atoms with Gasteiger partial charge in [-0.05, 0) is 47.7 Å². The molecule has 0 bridgehead atoms. The molecule has 0 fully saturated rings. The van der Waals surface area contributed by atoms with Crippen molar-refractivity contribution in [3.8, 4) is 11.5 Å². The second-order valence-corrected chi connectivity index (χ2v) is 5.08. The zero-order valence-corrected chi connectivity index (χ0v) is 12.9. The van der Waals surface area contributed by atoms with Gasteiger partial charge in [-0.15, -0.1) is 0 Å². The van der Waals surface area contributed by atoms with Gasteiger partial charge in [0.2, 0.25) is 0 Å². The van der Waals surface area contributed by atoms with Gasteiger partial charge >= 0.3 is 0 Å². The lowest BCUT2D eigenvalue weighted by molar-refractivity contribution is 0.397. The van der Waals surface area contributed by atoms with E-state index in [0.717, 1.165) is 29.0 Å². The van der Waals surface area contributed by atoms with Crippen LogP contribution in [0.3, 0.4) is 0 Å². The average molecular weight is 285 g/mol. The summed E-state index contributed by atoms with van der Waals surface area (Å²) in [6.07, 6.45) is 1.76. The lowest BCUT2D eigenvalue weighted by atomic mass is 9.97. The van der Waals surface area contributed by atoms with Gasteiger partial charge in [-0.3, -0.25) is 0 Å². The quantitative estimate of drug-likeness (QED) is 0.883. The van der Waals surface area contributed by atoms with Crippen LogP contribution in [-0.4, -0.2) is 14.2 Å². The van der Waals surface area contributed by atoms with Crippen molar-refractivity contribution in [2.24, 2.45) is 5.73 Å². The van der Waals surface area contributed by atoms with E-state index in [0.29, 0.717) is 6.42 Å². The number of nitrogens with two attached hydrogens (primary N) is 1. The number of benzene rings is 2. The lowest BCUT2D eigenvalue weighted by Crippen LogP contribution is -2.14. The number of ether oxygens (including phenoxy) is 2. The first-order chi connectivity index (χ1) is 10.2. The number of hydrogen-bond acceptors (Lipinski definition) is 3. The molecule has 1 atom stereocenters. The van der Waals surface area contributed by atoms with Gasteiger partial charge in [0.05, 0.1) is 14.2 Å². The molecule has 0 spiro atoms. The summed E-state index contributed by atoms with van der Waals surface area (Å²) in [6, 6.07) is 14.2. The molecule has 0 aliphatic heterocycles. The molecule has 112 valence electrons. The van der Waals surface area contributed by atoms with E-state index >= 15 is 0 Å². The minimum atomic E-state index is -0.0584. The molecule has 0 saturated carbocycles. The van der Waals surface area contributed by atoms with Gasteiger partial charge < -0.3 is 15.2 Å². The standard InChI is InChI=1S/C18H23NO2/c1-4-13-5-7-14(8-6-13)17(19)12-15-11-16(20-2)9-10-18(15)21-3/h5-11,17H,4,12,19H2,1-3H3. The topological polar surface area (TPSA) is 44.5 Å². The van der Waals surface area contributed by atoms with Crippen LogP contribution >= 0.6 is 0 Å². The molecule has 2 aromatic carbocycles. The van der Waals surface area contributed by atoms with E-state index in [2.05, 4.69) is 31.2 Å². The molecule has 0 radical (unpaired) electrons. The Labute approximate surface area is 126 Å². The molecular weight excluding hydrogens is 262 g/mol. The normalized spacial score (nSPS) is 12.0. The van der Waals surface area contributed by atoms with Crippen LogP contribution in [0.15, 0.2) is 42.5 Å². The molecule has 2 N–H and O–H groups in total. The zero-order valence-electron chi connectivity index (χ0n) is 12.9. The first-order valence-electron chi connectivity index (χ1n) is 7.23. The minimum absolute atomic E-state index is 0.0584. The Bertz CT molecular complexity index is 578. The summed E-state index contributed by atoms with van der Waals surface area (Å²) in [5.41, 5.74) is 9.86. The summed E-state index contributed by atoms with van der Waals surface area (Å²) in [7, 11) is 3.34. The molecule has 2 aromatic rings. The summed E-state index contributed by atoms with van der Waals surface area (Å²) in [5, 5.41) is 0. The van der Waals surface area contributed by atoms with E-state index in [-0.39, 0.29) is 6.04 Å². The largest absolute Gasteiger partial charge is 0.497 e. The van der Waals surface area contributed by atoms with E-state index in [1.165, 1.54) is 5.56 Å². The van der Waals surface area contributed by atoms with Crippen LogP contribution in [0.1, 0.15) is 29.7 Å². The molecule has 0 saturated heterocycles. The minimum Gasteiger partial charge on any atom is -0.497 e. The first kappa shape index (κ1) is 15.4. The fourth-order valence-electron chi connectivity index (χ4n) is 2.40. The maximum absolute atomic E-state index is 6.34. The number of rotatable bonds is 6. The Kier molecular flexibility index (Phi) is 5.23. The Morgan fingerprint density at radius 3 is 2.29 bits per heavy atom. The highest BCUT2D eigenvalue weighted by atomic mass is 16.5. The molecule has 3 nitrogen and oxygen atoms in total. The average Bonchev–Trinajstić information content (AvgIpc) is 2.54. The van der Waals surface area contributed by atoms with Gasteiger partial charge in [0.1, 0.15) is 11.5 Å². The zero-order chi connectivity index (χ0) is 15.2. The number of hydrogen-bond donors (Lipinski definition) is 1. The van der Waals surface area contributed by atoms with E-state index < -0.39 is 0 Å². The van der Waals surface area contributed by atoms with Crippen molar-refractivity contribution in [3.05, 3.63) is 59.2 Å². The molecular formula is C18H23NO2. The summed E-state index contributed by atoms with van der Waals surface area (Å²) >= 11 is 0. The predicted octanol–water partition coefficient (Wildman–Crippen LogP) is 3.51. The van der Waals surface area contributed by atoms with E-state index in [1.807, 2.05) is 18.2 Å². The molecule has 0 aliphatic rings. The van der Waals surface area contributed by atoms with E-state index in [1.54, 1.807) is 14.2 Å². The summed E-state index contributed by atoms with van der Waals surface area (Å²) in [6.45, 7) is 2.15. The highest BCUT2D eigenvalue weighted by molar-refractivity contribution is 5.41. The Morgan fingerprint density at radius 2 is 1.71 bits per heavy atom. The Hall–Kier alpha value is -2.00. The van der Waals surface area contributed by atoms with Crippen molar-refractivity contribution < 1.29 is 9.47 Å². The molecule has 1 unspecified atom stereocenters. The smallest absolute Gasteiger partial charge is 0.122 e. The van der Waals surface area contributed by atoms with Crippen molar-refractivity contribution in [3.63, 3.8) is 0 Å². The third-order valence-corrected chi connectivity index (χ3v) is 3.74. The third-order valence-electron chi connectivity index (χ3n) is 3.74. The molecule has 0 aromatic heterocycles. The van der Waals surface area contributed by atoms with Gasteiger partial charge in [-0.1, -0.05) is 31.2 Å². The van der Waals surface area contributed by atoms with Crippen LogP contribution in [-0.2, 0) is 12.8 Å². The summed E-state index contributed by atoms with van der Waals surface area (Å²) in [5.74, 6) is 1.66. The maximum Gasteiger partial charge on any atom is 0.122 e. The molecule has 0 aliphatic carbocycles. The van der Waals surface area contributed by atoms with Gasteiger partial charge in [0.25, 0.3) is 0 Å². The van der Waals surface area contributed by atoms with Crippen molar-refractivity contribution in [2.75, 3.05) is 14.2 Å². The SMILES string of the molecule is CCc1ccc(C(N)Cc2cc(OC)ccc2OC)cc1. The molecule has 0 amide bonds. The van der Waals surface area contributed by atoms with Crippen molar-refractivity contribution in [1.29, 1.82) is 0 Å². The number of aryl methyl sites for hydroxylation is 1. The highest BCUT2D eigenvalue weighted by Gasteiger charge is 2.12. The van der Waals surface area contributed by atoms with Crippen LogP contribution < -0.4 is 15.2 Å². The fraction of sp³-hybridized carbons (Fsp3) is 0.333. The van der Waals surface area contributed by atoms with Crippen LogP contribution in [0, 0.1) is 0 Å². The lowest BCUT2D eigenvalue weighted by Gasteiger charge is -2.16. The van der Waals surface area contributed by atoms with Gasteiger partial charge in [0, 0.05) is 6.04 Å². The van der Waals surface area contributed by atoms with Crippen molar-refractivity contribution in [1.82, 2.24) is 0 Å². The third kappa shape index (κ3) is 3.76. The predicted molar refractivity (Wildman–Crippen MR) is 86.0 cm³/mol. The van der Waals surface area contributed by atoms with Crippen molar-refractivity contribution >= 4 is 0 Å². The summed E-state index contributed by atoms with van der Waals surface area (Å²) in [4.78, 5) is 0. The Balaban J connectivity index is 2.19. The maximum atomic E-state index is 6.34. The van der Waals surface area contributed by atoms with Crippen LogP contribution in [0.25, 0.3) is 0 Å². The van der Waals surface area contributed by atoms with Gasteiger partial charge in [0.15, 0.2) is 0 Å². The van der Waals surface area contributed by atoms with Gasteiger partial charge in [-0.2, -0.15) is 0 Å². The first-order valence-corrected chi connectivity index (χ1v) is 7.23. The second-order valence-electron chi connectivity index (χ2n) is 5.08. The molecule has 3 heteroatoms. The molecule has 21 heavy (non-hydrogen) atoms. The fourth-order valence-corrected chi connectivity index (χ4v) is 2.40. The van der Waals surface area contributed by atoms with Crippen LogP contribution in [0.2, 0.25) is 0 Å². The van der Waals surface area contributed by atoms with Crippen LogP contribution in [0.5, 0.6) is 11.5 Å². The summed E-state index contributed by atoms with van der Waals surface area (Å²) < 4.78 is 10.7. The Morgan fingerprint density at radius 1 is 1.00 bits per heavy atom. The van der Waals surface area contributed by atoms with Gasteiger partial charge in [-0.25, -0.2) is 0 Å². The van der Waals surface area contributed by atoms with E-state index in [4.69, 9.17) is 15.2 Å². The van der Waals surface area contributed by atoms with Crippen molar-refractivity contribution in [2.45, 2.75) is 25.8 Å². The van der Waals surface area contributed by atoms with Crippen LogP contribution in [0.4, 0.5) is 0 Å².